The molecule has 1 aromatic heterocycles. The Labute approximate surface area is 180 Å². The molecule has 1 amide bonds. The number of ether oxygens (including phenoxy) is 3. The van der Waals surface area contributed by atoms with Gasteiger partial charge < -0.3 is 24.4 Å². The number of rotatable bonds is 7. The SMILES string of the molecule is CCOC(=O)c1c(NC(=O)/C=C/c2ccc(OC)c(OC)c2)sc2c1CCN(C)C2. The molecule has 0 atom stereocenters. The molecule has 1 aliphatic heterocycles. The van der Waals surface area contributed by atoms with Gasteiger partial charge in [-0.1, -0.05) is 6.07 Å². The lowest BCUT2D eigenvalue weighted by atomic mass is 10.0. The molecule has 3 rings (SSSR count). The minimum Gasteiger partial charge on any atom is -0.493 e. The van der Waals surface area contributed by atoms with Crippen LogP contribution in [-0.4, -0.2) is 51.2 Å². The molecule has 0 saturated carbocycles. The largest absolute Gasteiger partial charge is 0.493 e. The van der Waals surface area contributed by atoms with E-state index in [1.54, 1.807) is 39.4 Å². The van der Waals surface area contributed by atoms with E-state index in [1.165, 1.54) is 17.4 Å². The fourth-order valence-corrected chi connectivity index (χ4v) is 4.64. The van der Waals surface area contributed by atoms with Gasteiger partial charge in [-0.15, -0.1) is 11.3 Å². The molecule has 160 valence electrons. The van der Waals surface area contributed by atoms with E-state index >= 15 is 0 Å². The van der Waals surface area contributed by atoms with Gasteiger partial charge in [0, 0.05) is 24.0 Å². The minimum absolute atomic E-state index is 0.288. The van der Waals surface area contributed by atoms with Gasteiger partial charge >= 0.3 is 5.97 Å². The van der Waals surface area contributed by atoms with Crippen LogP contribution in [0, 0.1) is 0 Å². The molecule has 0 radical (unpaired) electrons. The van der Waals surface area contributed by atoms with Crippen LogP contribution in [0.1, 0.15) is 33.3 Å². The molecule has 7 nitrogen and oxygen atoms in total. The molecule has 0 saturated heterocycles. The number of likely N-dealkylation sites (N-methyl/N-ethyl adjacent to an activating group) is 1. The van der Waals surface area contributed by atoms with E-state index in [0.29, 0.717) is 22.1 Å². The van der Waals surface area contributed by atoms with Crippen molar-refractivity contribution in [2.24, 2.45) is 0 Å². The zero-order chi connectivity index (χ0) is 21.7. The van der Waals surface area contributed by atoms with Crippen LogP contribution in [0.4, 0.5) is 5.00 Å². The number of hydrogen-bond donors (Lipinski definition) is 1. The summed E-state index contributed by atoms with van der Waals surface area (Å²) in [6, 6.07) is 5.39. The highest BCUT2D eigenvalue weighted by atomic mass is 32.1. The number of thiophene rings is 1. The third-order valence-corrected chi connectivity index (χ3v) is 5.93. The van der Waals surface area contributed by atoms with Crippen molar-refractivity contribution >= 4 is 34.3 Å². The van der Waals surface area contributed by atoms with Crippen LogP contribution in [0.25, 0.3) is 6.08 Å². The molecule has 30 heavy (non-hydrogen) atoms. The molecule has 0 aliphatic carbocycles. The number of carbonyl (C=O) groups excluding carboxylic acids is 2. The lowest BCUT2D eigenvalue weighted by Gasteiger charge is -2.22. The average molecular weight is 431 g/mol. The Morgan fingerprint density at radius 3 is 2.70 bits per heavy atom. The van der Waals surface area contributed by atoms with Crippen molar-refractivity contribution in [1.29, 1.82) is 0 Å². The molecule has 1 N–H and O–H groups in total. The Bertz CT molecular complexity index is 967. The second-order valence-electron chi connectivity index (χ2n) is 6.85. The number of carbonyl (C=O) groups is 2. The van der Waals surface area contributed by atoms with Gasteiger partial charge in [0.2, 0.25) is 5.91 Å². The van der Waals surface area contributed by atoms with Crippen molar-refractivity contribution in [3.05, 3.63) is 45.8 Å². The van der Waals surface area contributed by atoms with Crippen molar-refractivity contribution in [2.75, 3.05) is 39.7 Å². The predicted octanol–water partition coefficient (Wildman–Crippen LogP) is 3.58. The summed E-state index contributed by atoms with van der Waals surface area (Å²) in [6.07, 6.45) is 3.87. The van der Waals surface area contributed by atoms with Gasteiger partial charge in [0.1, 0.15) is 5.00 Å². The summed E-state index contributed by atoms with van der Waals surface area (Å²) < 4.78 is 15.7. The first kappa shape index (κ1) is 21.9. The summed E-state index contributed by atoms with van der Waals surface area (Å²) in [5.41, 5.74) is 2.26. The lowest BCUT2D eigenvalue weighted by molar-refractivity contribution is -0.111. The van der Waals surface area contributed by atoms with Gasteiger partial charge in [-0.25, -0.2) is 4.79 Å². The maximum absolute atomic E-state index is 12.6. The summed E-state index contributed by atoms with van der Waals surface area (Å²) in [5.74, 6) is 0.494. The van der Waals surface area contributed by atoms with Gasteiger partial charge in [-0.3, -0.25) is 4.79 Å². The highest BCUT2D eigenvalue weighted by Gasteiger charge is 2.28. The van der Waals surface area contributed by atoms with Crippen LogP contribution in [0.3, 0.4) is 0 Å². The molecule has 0 bridgehead atoms. The van der Waals surface area contributed by atoms with Gasteiger partial charge in [0.15, 0.2) is 11.5 Å². The number of benzene rings is 1. The molecule has 0 unspecified atom stereocenters. The Hall–Kier alpha value is -2.84. The minimum atomic E-state index is -0.390. The van der Waals surface area contributed by atoms with Crippen molar-refractivity contribution in [1.82, 2.24) is 4.90 Å². The molecule has 0 spiro atoms. The highest BCUT2D eigenvalue weighted by molar-refractivity contribution is 7.17. The van der Waals surface area contributed by atoms with E-state index in [9.17, 15) is 9.59 Å². The summed E-state index contributed by atoms with van der Waals surface area (Å²) >= 11 is 1.44. The summed E-state index contributed by atoms with van der Waals surface area (Å²) in [4.78, 5) is 28.4. The molecule has 1 aliphatic rings. The van der Waals surface area contributed by atoms with E-state index in [4.69, 9.17) is 14.2 Å². The van der Waals surface area contributed by atoms with Crippen molar-refractivity contribution in [3.8, 4) is 11.5 Å². The van der Waals surface area contributed by atoms with Crippen LogP contribution >= 0.6 is 11.3 Å². The maximum Gasteiger partial charge on any atom is 0.341 e. The monoisotopic (exact) mass is 430 g/mol. The quantitative estimate of drug-likeness (QED) is 0.534. The standard InChI is InChI=1S/C22H26N2O5S/c1-5-29-22(26)20-15-10-11-24(2)13-18(15)30-21(20)23-19(25)9-7-14-6-8-16(27-3)17(12-14)28-4/h6-9,12H,5,10-11,13H2,1-4H3,(H,23,25)/b9-7+. The number of anilines is 1. The van der Waals surface area contributed by atoms with Gasteiger partial charge in [-0.05, 0) is 49.7 Å². The number of nitrogens with zero attached hydrogens (tertiary/aromatic N) is 1. The zero-order valence-electron chi connectivity index (χ0n) is 17.6. The molecule has 2 heterocycles. The van der Waals surface area contributed by atoms with Gasteiger partial charge in [-0.2, -0.15) is 0 Å². The fourth-order valence-electron chi connectivity index (χ4n) is 3.32. The lowest BCUT2D eigenvalue weighted by Crippen LogP contribution is -2.26. The Morgan fingerprint density at radius 1 is 1.23 bits per heavy atom. The van der Waals surface area contributed by atoms with Crippen LogP contribution in [0.5, 0.6) is 11.5 Å². The van der Waals surface area contributed by atoms with Crippen LogP contribution < -0.4 is 14.8 Å². The highest BCUT2D eigenvalue weighted by Crippen LogP contribution is 2.37. The van der Waals surface area contributed by atoms with Crippen molar-refractivity contribution in [3.63, 3.8) is 0 Å². The van der Waals surface area contributed by atoms with Crippen LogP contribution in [-0.2, 0) is 22.5 Å². The van der Waals surface area contributed by atoms with E-state index in [2.05, 4.69) is 10.2 Å². The Balaban J connectivity index is 1.81. The smallest absolute Gasteiger partial charge is 0.341 e. The van der Waals surface area contributed by atoms with Crippen molar-refractivity contribution < 1.29 is 23.8 Å². The zero-order valence-corrected chi connectivity index (χ0v) is 18.4. The number of methoxy groups -OCH3 is 2. The Kier molecular flexibility index (Phi) is 7.12. The number of fused-ring (bicyclic) bond motifs is 1. The van der Waals surface area contributed by atoms with Gasteiger partial charge in [0.05, 0.1) is 26.4 Å². The number of hydrogen-bond acceptors (Lipinski definition) is 7. The second kappa shape index (κ2) is 9.77. The first-order valence-electron chi connectivity index (χ1n) is 9.68. The first-order valence-corrected chi connectivity index (χ1v) is 10.5. The van der Waals surface area contributed by atoms with Crippen LogP contribution in [0.2, 0.25) is 0 Å². The Morgan fingerprint density at radius 2 is 2.00 bits per heavy atom. The second-order valence-corrected chi connectivity index (χ2v) is 7.96. The molecule has 1 aromatic carbocycles. The summed E-state index contributed by atoms with van der Waals surface area (Å²) in [6.45, 7) is 3.68. The average Bonchev–Trinajstić information content (AvgIpc) is 3.08. The number of esters is 1. The molecular weight excluding hydrogens is 404 g/mol. The van der Waals surface area contributed by atoms with E-state index in [1.807, 2.05) is 13.1 Å². The molecular formula is C22H26N2O5S. The normalized spacial score (nSPS) is 13.7. The molecule has 8 heteroatoms. The summed E-state index contributed by atoms with van der Waals surface area (Å²) in [7, 11) is 5.17. The topological polar surface area (TPSA) is 77.1 Å². The van der Waals surface area contributed by atoms with E-state index in [-0.39, 0.29) is 12.5 Å². The van der Waals surface area contributed by atoms with Crippen LogP contribution in [0.15, 0.2) is 24.3 Å². The van der Waals surface area contributed by atoms with Crippen molar-refractivity contribution in [2.45, 2.75) is 19.9 Å². The number of nitrogens with one attached hydrogen (secondary N) is 1. The molecule has 0 fully saturated rings. The third-order valence-electron chi connectivity index (χ3n) is 4.80. The fraction of sp³-hybridized carbons (Fsp3) is 0.364. The van der Waals surface area contributed by atoms with E-state index < -0.39 is 5.97 Å². The molecule has 2 aromatic rings. The predicted molar refractivity (Wildman–Crippen MR) is 118 cm³/mol. The summed E-state index contributed by atoms with van der Waals surface area (Å²) in [5, 5.41) is 3.40. The number of amides is 1. The maximum atomic E-state index is 12.6. The van der Waals surface area contributed by atoms with E-state index in [0.717, 1.165) is 35.5 Å². The first-order chi connectivity index (χ1) is 14.5. The van der Waals surface area contributed by atoms with Gasteiger partial charge in [0.25, 0.3) is 0 Å². The third kappa shape index (κ3) is 4.83.